The van der Waals surface area contributed by atoms with Gasteiger partial charge in [-0.15, -0.1) is 0 Å². The van der Waals surface area contributed by atoms with Crippen LogP contribution < -0.4 is 0 Å². The third-order valence-electron chi connectivity index (χ3n) is 1.47. The maximum Gasteiger partial charge on any atom is 0.175 e. The van der Waals surface area contributed by atoms with Crippen molar-refractivity contribution in [1.29, 1.82) is 5.41 Å². The van der Waals surface area contributed by atoms with Crippen molar-refractivity contribution >= 4 is 16.1 Å². The molecule has 0 aliphatic heterocycles. The minimum Gasteiger partial charge on any atom is -0.308 e. The molecule has 0 bridgehead atoms. The Morgan fingerprint density at radius 1 is 1.25 bits per heavy atom. The number of rotatable bonds is 2. The summed E-state index contributed by atoms with van der Waals surface area (Å²) in [5.41, 5.74) is 0.697. The summed E-state index contributed by atoms with van der Waals surface area (Å²) in [5, 5.41) is 6.90. The van der Waals surface area contributed by atoms with Gasteiger partial charge in [0.2, 0.25) is 0 Å². The van der Waals surface area contributed by atoms with E-state index in [-0.39, 0.29) is 4.90 Å². The lowest BCUT2D eigenvalue weighted by molar-refractivity contribution is 0.602. The van der Waals surface area contributed by atoms with Crippen molar-refractivity contribution < 1.29 is 8.42 Å². The van der Waals surface area contributed by atoms with Crippen molar-refractivity contribution in [2.45, 2.75) is 4.90 Å². The average Bonchev–Trinajstić information content (AvgIpc) is 2.03. The molecule has 1 rings (SSSR count). The number of hydrogen-bond acceptors (Lipinski definition) is 3. The van der Waals surface area contributed by atoms with Crippen LogP contribution in [0.15, 0.2) is 29.2 Å². The van der Waals surface area contributed by atoms with Gasteiger partial charge in [-0.2, -0.15) is 0 Å². The highest BCUT2D eigenvalue weighted by Crippen LogP contribution is 2.08. The van der Waals surface area contributed by atoms with Crippen LogP contribution in [-0.2, 0) is 9.84 Å². The SMILES string of the molecule is CS(=O)(=O)c1ccc(C=N)cc1. The van der Waals surface area contributed by atoms with E-state index >= 15 is 0 Å². The van der Waals surface area contributed by atoms with E-state index in [2.05, 4.69) is 0 Å². The molecule has 64 valence electrons. The highest BCUT2D eigenvalue weighted by molar-refractivity contribution is 7.90. The number of sulfone groups is 1. The normalized spacial score (nSPS) is 11.1. The second-order valence-electron chi connectivity index (χ2n) is 2.49. The Morgan fingerprint density at radius 2 is 1.75 bits per heavy atom. The van der Waals surface area contributed by atoms with Gasteiger partial charge >= 0.3 is 0 Å². The van der Waals surface area contributed by atoms with Crippen molar-refractivity contribution in [2.75, 3.05) is 6.26 Å². The second-order valence-corrected chi connectivity index (χ2v) is 4.50. The molecule has 1 N–H and O–H groups in total. The summed E-state index contributed by atoms with van der Waals surface area (Å²) in [5.74, 6) is 0. The van der Waals surface area contributed by atoms with Crippen LogP contribution in [0.25, 0.3) is 0 Å². The smallest absolute Gasteiger partial charge is 0.175 e. The van der Waals surface area contributed by atoms with E-state index in [0.29, 0.717) is 5.56 Å². The fourth-order valence-corrected chi connectivity index (χ4v) is 1.44. The van der Waals surface area contributed by atoms with Gasteiger partial charge in [-0.05, 0) is 17.7 Å². The molecule has 0 atom stereocenters. The Balaban J connectivity index is 3.17. The Hall–Kier alpha value is -1.16. The fourth-order valence-electron chi connectivity index (χ4n) is 0.811. The van der Waals surface area contributed by atoms with E-state index < -0.39 is 9.84 Å². The minimum absolute atomic E-state index is 0.285. The van der Waals surface area contributed by atoms with Crippen molar-refractivity contribution in [3.63, 3.8) is 0 Å². The number of benzene rings is 1. The van der Waals surface area contributed by atoms with Crippen LogP contribution in [0.4, 0.5) is 0 Å². The van der Waals surface area contributed by atoms with Crippen LogP contribution >= 0.6 is 0 Å². The Kier molecular flexibility index (Phi) is 2.28. The lowest BCUT2D eigenvalue weighted by Crippen LogP contribution is -1.96. The molecule has 0 aliphatic carbocycles. The predicted molar refractivity (Wildman–Crippen MR) is 47.4 cm³/mol. The molecule has 0 saturated heterocycles. The molecule has 0 heterocycles. The van der Waals surface area contributed by atoms with Crippen molar-refractivity contribution in [1.82, 2.24) is 0 Å². The molecule has 0 amide bonds. The quantitative estimate of drug-likeness (QED) is 0.698. The predicted octanol–water partition coefficient (Wildman–Crippen LogP) is 1.09. The third-order valence-corrected chi connectivity index (χ3v) is 2.60. The first-order valence-corrected chi connectivity index (χ1v) is 5.24. The molecule has 4 heteroatoms. The van der Waals surface area contributed by atoms with Crippen molar-refractivity contribution in [3.05, 3.63) is 29.8 Å². The first-order chi connectivity index (χ1) is 5.54. The molecule has 0 unspecified atom stereocenters. The standard InChI is InChI=1S/C8H9NO2S/c1-12(10,11)8-4-2-7(6-9)3-5-8/h2-6,9H,1H3. The summed E-state index contributed by atoms with van der Waals surface area (Å²) in [4.78, 5) is 0.285. The zero-order valence-electron chi connectivity index (χ0n) is 6.61. The Bertz CT molecular complexity index is 378. The van der Waals surface area contributed by atoms with Gasteiger partial charge in [-0.1, -0.05) is 12.1 Å². The number of hydrogen-bond donors (Lipinski definition) is 1. The average molecular weight is 183 g/mol. The van der Waals surface area contributed by atoms with Gasteiger partial charge in [-0.25, -0.2) is 8.42 Å². The topological polar surface area (TPSA) is 58.0 Å². The molecule has 0 aromatic heterocycles. The summed E-state index contributed by atoms with van der Waals surface area (Å²) in [6.45, 7) is 0. The van der Waals surface area contributed by atoms with Gasteiger partial charge < -0.3 is 5.41 Å². The van der Waals surface area contributed by atoms with Gasteiger partial charge in [0, 0.05) is 12.5 Å². The highest BCUT2D eigenvalue weighted by Gasteiger charge is 2.04. The molecule has 0 fully saturated rings. The summed E-state index contributed by atoms with van der Waals surface area (Å²) in [7, 11) is -3.10. The summed E-state index contributed by atoms with van der Waals surface area (Å²) in [6, 6.07) is 6.19. The van der Waals surface area contributed by atoms with Crippen molar-refractivity contribution in [2.24, 2.45) is 0 Å². The minimum atomic E-state index is -3.10. The van der Waals surface area contributed by atoms with E-state index in [9.17, 15) is 8.42 Å². The molecule has 1 aromatic carbocycles. The molecule has 0 spiro atoms. The number of nitrogens with one attached hydrogen (secondary N) is 1. The van der Waals surface area contributed by atoms with Crippen LogP contribution in [-0.4, -0.2) is 20.9 Å². The molecule has 0 radical (unpaired) electrons. The van der Waals surface area contributed by atoms with E-state index in [1.807, 2.05) is 0 Å². The van der Waals surface area contributed by atoms with E-state index in [1.54, 1.807) is 12.1 Å². The largest absolute Gasteiger partial charge is 0.308 e. The highest BCUT2D eigenvalue weighted by atomic mass is 32.2. The molecule has 12 heavy (non-hydrogen) atoms. The first kappa shape index (κ1) is 8.93. The molecular formula is C8H9NO2S. The van der Waals surface area contributed by atoms with E-state index in [0.717, 1.165) is 6.26 Å². The fraction of sp³-hybridized carbons (Fsp3) is 0.125. The van der Waals surface area contributed by atoms with Crippen molar-refractivity contribution in [3.8, 4) is 0 Å². The van der Waals surface area contributed by atoms with E-state index in [4.69, 9.17) is 5.41 Å². The lowest BCUT2D eigenvalue weighted by atomic mass is 10.2. The zero-order chi connectivity index (χ0) is 9.19. The monoisotopic (exact) mass is 183 g/mol. The molecule has 0 aliphatic rings. The zero-order valence-corrected chi connectivity index (χ0v) is 7.43. The van der Waals surface area contributed by atoms with Crippen LogP contribution in [0.5, 0.6) is 0 Å². The first-order valence-electron chi connectivity index (χ1n) is 3.34. The summed E-state index contributed by atoms with van der Waals surface area (Å²) >= 11 is 0. The van der Waals surface area contributed by atoms with Gasteiger partial charge in [0.25, 0.3) is 0 Å². The van der Waals surface area contributed by atoms with Gasteiger partial charge in [-0.3, -0.25) is 0 Å². The molecule has 0 saturated carbocycles. The van der Waals surface area contributed by atoms with Crippen LogP contribution in [0, 0.1) is 5.41 Å². The Labute approximate surface area is 71.5 Å². The van der Waals surface area contributed by atoms with E-state index in [1.165, 1.54) is 18.3 Å². The second kappa shape index (κ2) is 3.06. The third kappa shape index (κ3) is 1.92. The van der Waals surface area contributed by atoms with Gasteiger partial charge in [0.05, 0.1) is 4.90 Å². The van der Waals surface area contributed by atoms with Crippen LogP contribution in [0.2, 0.25) is 0 Å². The summed E-state index contributed by atoms with van der Waals surface area (Å²) < 4.78 is 22.0. The maximum atomic E-state index is 11.0. The maximum absolute atomic E-state index is 11.0. The van der Waals surface area contributed by atoms with Crippen LogP contribution in [0.1, 0.15) is 5.56 Å². The van der Waals surface area contributed by atoms with Gasteiger partial charge in [0.15, 0.2) is 9.84 Å². The van der Waals surface area contributed by atoms with Gasteiger partial charge in [0.1, 0.15) is 0 Å². The lowest BCUT2D eigenvalue weighted by Gasteiger charge is -1.97. The molecule has 1 aromatic rings. The summed E-state index contributed by atoms with van der Waals surface area (Å²) in [6.07, 6.45) is 2.33. The Morgan fingerprint density at radius 3 is 2.08 bits per heavy atom. The molecule has 3 nitrogen and oxygen atoms in total. The molecular weight excluding hydrogens is 174 g/mol. The van der Waals surface area contributed by atoms with Crippen LogP contribution in [0.3, 0.4) is 0 Å².